The van der Waals surface area contributed by atoms with E-state index >= 15 is 0 Å². The van der Waals surface area contributed by atoms with Gasteiger partial charge >= 0.3 is 5.97 Å². The van der Waals surface area contributed by atoms with Gasteiger partial charge in [0, 0.05) is 0 Å². The Kier molecular flexibility index (Phi) is 9.26. The van der Waals surface area contributed by atoms with Crippen molar-refractivity contribution in [2.45, 2.75) is 51.3 Å². The zero-order valence-corrected chi connectivity index (χ0v) is 12.3. The molecule has 9 heteroatoms. The van der Waals surface area contributed by atoms with Crippen LogP contribution < -0.4 is 22.3 Å². The van der Waals surface area contributed by atoms with Gasteiger partial charge < -0.3 is 21.9 Å². The Labute approximate surface area is 123 Å². The first-order valence-electron chi connectivity index (χ1n) is 6.74. The van der Waals surface area contributed by atoms with Crippen LogP contribution in [-0.2, 0) is 19.2 Å². The van der Waals surface area contributed by atoms with Gasteiger partial charge in [-0.05, 0) is 33.2 Å². The van der Waals surface area contributed by atoms with E-state index in [4.69, 9.17) is 16.6 Å². The number of aliphatic carboxylic acids is 1. The van der Waals surface area contributed by atoms with Crippen molar-refractivity contribution in [2.75, 3.05) is 6.54 Å². The number of nitrogens with one attached hydrogen (secondary N) is 2. The van der Waals surface area contributed by atoms with Crippen molar-refractivity contribution in [2.24, 2.45) is 11.5 Å². The largest absolute Gasteiger partial charge is 0.479 e. The summed E-state index contributed by atoms with van der Waals surface area (Å²) in [5.41, 5.74) is 13.0. The highest BCUT2D eigenvalue weighted by Gasteiger charge is 2.21. The number of carboxylic acids is 1. The van der Waals surface area contributed by atoms with Crippen molar-refractivity contribution in [1.82, 2.24) is 10.8 Å². The third-order valence-electron chi connectivity index (χ3n) is 2.74. The Bertz CT molecular complexity index is 364. The van der Waals surface area contributed by atoms with Crippen LogP contribution in [0.4, 0.5) is 0 Å². The Balaban J connectivity index is 4.10. The van der Waals surface area contributed by atoms with Gasteiger partial charge in [-0.3, -0.25) is 14.4 Å². The quantitative estimate of drug-likeness (QED) is 0.242. The number of hydroxylamine groups is 1. The van der Waals surface area contributed by atoms with Crippen LogP contribution in [0.3, 0.4) is 0 Å². The summed E-state index contributed by atoms with van der Waals surface area (Å²) in [4.78, 5) is 38.4. The molecule has 0 saturated heterocycles. The molecule has 0 aromatic carbocycles. The minimum atomic E-state index is -1.21. The molecule has 0 aliphatic carbocycles. The van der Waals surface area contributed by atoms with Crippen molar-refractivity contribution in [1.29, 1.82) is 0 Å². The second-order valence-electron chi connectivity index (χ2n) is 4.69. The third kappa shape index (κ3) is 8.23. The summed E-state index contributed by atoms with van der Waals surface area (Å²) in [6, 6.07) is -1.61. The van der Waals surface area contributed by atoms with Crippen LogP contribution in [0.15, 0.2) is 0 Å². The van der Waals surface area contributed by atoms with Crippen molar-refractivity contribution in [3.05, 3.63) is 0 Å². The number of unbranched alkanes of at least 4 members (excludes halogenated alkanes) is 1. The molecule has 21 heavy (non-hydrogen) atoms. The van der Waals surface area contributed by atoms with Gasteiger partial charge in [0.25, 0.3) is 5.91 Å². The summed E-state index contributed by atoms with van der Waals surface area (Å²) >= 11 is 0. The van der Waals surface area contributed by atoms with E-state index in [0.717, 1.165) is 12.8 Å². The van der Waals surface area contributed by atoms with Crippen molar-refractivity contribution >= 4 is 17.8 Å². The van der Waals surface area contributed by atoms with Crippen LogP contribution in [0.5, 0.6) is 0 Å². The van der Waals surface area contributed by atoms with E-state index in [9.17, 15) is 14.4 Å². The zero-order chi connectivity index (χ0) is 16.4. The van der Waals surface area contributed by atoms with Gasteiger partial charge in [0.1, 0.15) is 6.04 Å². The lowest BCUT2D eigenvalue weighted by Gasteiger charge is -2.17. The molecule has 1 unspecified atom stereocenters. The number of rotatable bonds is 10. The minimum absolute atomic E-state index is 0.457. The Hall–Kier alpha value is -1.71. The van der Waals surface area contributed by atoms with E-state index < -0.39 is 36.0 Å². The predicted molar refractivity (Wildman–Crippen MR) is 74.8 cm³/mol. The Morgan fingerprint density at radius 2 is 1.81 bits per heavy atom. The van der Waals surface area contributed by atoms with Gasteiger partial charge in [-0.1, -0.05) is 6.42 Å². The molecule has 0 bridgehead atoms. The molecule has 0 aliphatic rings. The van der Waals surface area contributed by atoms with Gasteiger partial charge in [0.05, 0.1) is 6.04 Å². The molecule has 0 radical (unpaired) electrons. The van der Waals surface area contributed by atoms with Crippen molar-refractivity contribution < 1.29 is 24.3 Å². The number of hydrogen-bond donors (Lipinski definition) is 5. The van der Waals surface area contributed by atoms with E-state index in [0.29, 0.717) is 13.0 Å². The number of carbonyl (C=O) groups excluding carboxylic acids is 2. The highest BCUT2D eigenvalue weighted by Crippen LogP contribution is 1.98. The maximum absolute atomic E-state index is 11.7. The first-order chi connectivity index (χ1) is 9.79. The molecular formula is C12H24N4O5. The lowest BCUT2D eigenvalue weighted by atomic mass is 10.1. The van der Waals surface area contributed by atoms with Gasteiger partial charge in [-0.15, -0.1) is 0 Å². The van der Waals surface area contributed by atoms with Crippen LogP contribution >= 0.6 is 0 Å². The Morgan fingerprint density at radius 1 is 1.19 bits per heavy atom. The zero-order valence-electron chi connectivity index (χ0n) is 12.3. The number of amides is 2. The molecule has 122 valence electrons. The highest BCUT2D eigenvalue weighted by atomic mass is 16.7. The number of carboxylic acid groups (broad SMARTS) is 1. The number of nitrogens with two attached hydrogens (primary N) is 2. The maximum atomic E-state index is 11.7. The van der Waals surface area contributed by atoms with Gasteiger partial charge in [0.2, 0.25) is 5.91 Å². The molecule has 0 aromatic rings. The van der Waals surface area contributed by atoms with Crippen molar-refractivity contribution in [3.63, 3.8) is 0 Å². The van der Waals surface area contributed by atoms with Gasteiger partial charge in [0.15, 0.2) is 6.10 Å². The van der Waals surface area contributed by atoms with Crippen LogP contribution in [0.1, 0.15) is 33.1 Å². The second kappa shape index (κ2) is 10.1. The van der Waals surface area contributed by atoms with Gasteiger partial charge in [-0.25, -0.2) is 10.3 Å². The van der Waals surface area contributed by atoms with Gasteiger partial charge in [-0.2, -0.15) is 0 Å². The molecule has 0 fully saturated rings. The molecule has 0 saturated carbocycles. The minimum Gasteiger partial charge on any atom is -0.479 e. The number of carbonyl (C=O) groups is 3. The molecular weight excluding hydrogens is 280 g/mol. The predicted octanol–water partition coefficient (Wildman–Crippen LogP) is -1.53. The molecule has 2 amide bonds. The highest BCUT2D eigenvalue weighted by molar-refractivity contribution is 5.89. The van der Waals surface area contributed by atoms with Crippen LogP contribution in [-0.4, -0.2) is 47.6 Å². The van der Waals surface area contributed by atoms with Crippen LogP contribution in [0, 0.1) is 0 Å². The van der Waals surface area contributed by atoms with E-state index in [1.165, 1.54) is 13.8 Å². The first kappa shape index (κ1) is 19.3. The normalized spacial score (nSPS) is 14.9. The fraction of sp³-hybridized carbons (Fsp3) is 0.750. The standard InChI is InChI=1S/C12H24N4O5/c1-7(10(17)16-21-8(2)12(19)20)15-11(18)9(14)5-3-4-6-13/h7-9H,3-6,13-14H2,1-2H3,(H,15,18)(H,16,17)(H,19,20)/t7-,8?,9-/m0/s1. The summed E-state index contributed by atoms with van der Waals surface area (Å²) in [6.07, 6.45) is 0.794. The lowest BCUT2D eigenvalue weighted by molar-refractivity contribution is -0.159. The van der Waals surface area contributed by atoms with E-state index in [2.05, 4.69) is 10.2 Å². The summed E-state index contributed by atoms with van der Waals surface area (Å²) in [7, 11) is 0. The fourth-order valence-corrected chi connectivity index (χ4v) is 1.31. The molecule has 0 spiro atoms. The first-order valence-corrected chi connectivity index (χ1v) is 6.74. The third-order valence-corrected chi connectivity index (χ3v) is 2.74. The molecule has 0 aliphatic heterocycles. The maximum Gasteiger partial charge on any atom is 0.335 e. The van der Waals surface area contributed by atoms with Crippen molar-refractivity contribution in [3.8, 4) is 0 Å². The molecule has 7 N–H and O–H groups in total. The van der Waals surface area contributed by atoms with E-state index in [-0.39, 0.29) is 0 Å². The summed E-state index contributed by atoms with van der Waals surface area (Å²) in [5.74, 6) is -2.33. The summed E-state index contributed by atoms with van der Waals surface area (Å²) < 4.78 is 0. The number of hydrogen-bond acceptors (Lipinski definition) is 6. The van der Waals surface area contributed by atoms with Crippen LogP contribution in [0.2, 0.25) is 0 Å². The second-order valence-corrected chi connectivity index (χ2v) is 4.69. The van der Waals surface area contributed by atoms with E-state index in [1.807, 2.05) is 5.48 Å². The topological polar surface area (TPSA) is 157 Å². The average molecular weight is 304 g/mol. The SMILES string of the molecule is CC(ONC(=O)[C@H](C)NC(=O)[C@@H](N)CCCCN)C(=O)O. The summed E-state index contributed by atoms with van der Waals surface area (Å²) in [5, 5.41) is 11.0. The average Bonchev–Trinajstić information content (AvgIpc) is 2.43. The molecule has 0 aromatic heterocycles. The smallest absolute Gasteiger partial charge is 0.335 e. The molecule has 3 atom stereocenters. The molecule has 9 nitrogen and oxygen atoms in total. The Morgan fingerprint density at radius 3 is 2.33 bits per heavy atom. The lowest BCUT2D eigenvalue weighted by Crippen LogP contribution is -2.50. The fourth-order valence-electron chi connectivity index (χ4n) is 1.31. The van der Waals surface area contributed by atoms with Crippen LogP contribution in [0.25, 0.3) is 0 Å². The van der Waals surface area contributed by atoms with E-state index in [1.54, 1.807) is 0 Å². The molecule has 0 rings (SSSR count). The monoisotopic (exact) mass is 304 g/mol. The molecule has 0 heterocycles. The summed E-state index contributed by atoms with van der Waals surface area (Å²) in [6.45, 7) is 3.24.